The molecule has 6 nitrogen and oxygen atoms in total. The van der Waals surface area contributed by atoms with Crippen LogP contribution in [0.2, 0.25) is 0 Å². The molecule has 0 radical (unpaired) electrons. The molecule has 0 saturated carbocycles. The van der Waals surface area contributed by atoms with E-state index in [0.717, 1.165) is 22.5 Å². The third kappa shape index (κ3) is 2.79. The first-order chi connectivity index (χ1) is 12.5. The highest BCUT2D eigenvalue weighted by Crippen LogP contribution is 2.31. The second-order valence-electron chi connectivity index (χ2n) is 6.46. The van der Waals surface area contributed by atoms with E-state index in [9.17, 15) is 9.59 Å². The lowest BCUT2D eigenvalue weighted by Crippen LogP contribution is -2.35. The zero-order chi connectivity index (χ0) is 18.3. The van der Waals surface area contributed by atoms with E-state index in [1.165, 1.54) is 0 Å². The zero-order valence-electron chi connectivity index (χ0n) is 14.6. The van der Waals surface area contributed by atoms with Crippen molar-refractivity contribution in [3.05, 3.63) is 85.2 Å². The lowest BCUT2D eigenvalue weighted by Gasteiger charge is -2.13. The Morgan fingerprint density at radius 2 is 1.73 bits per heavy atom. The average molecular weight is 346 g/mol. The van der Waals surface area contributed by atoms with Gasteiger partial charge in [-0.3, -0.25) is 14.7 Å². The molecule has 1 N–H and O–H groups in total. The topological polar surface area (TPSA) is 80.6 Å². The molecule has 2 heterocycles. The second-order valence-corrected chi connectivity index (χ2v) is 6.46. The molecule has 26 heavy (non-hydrogen) atoms. The van der Waals surface area contributed by atoms with Gasteiger partial charge in [0.1, 0.15) is 0 Å². The summed E-state index contributed by atoms with van der Waals surface area (Å²) in [5, 5.41) is 2.65. The van der Waals surface area contributed by atoms with Gasteiger partial charge in [-0.05, 0) is 50.0 Å². The fourth-order valence-electron chi connectivity index (χ4n) is 3.38. The van der Waals surface area contributed by atoms with Crippen molar-refractivity contribution in [2.75, 3.05) is 0 Å². The number of aryl methyl sites for hydroxylation is 2. The van der Waals surface area contributed by atoms with Gasteiger partial charge >= 0.3 is 5.56 Å². The molecule has 1 aliphatic carbocycles. The van der Waals surface area contributed by atoms with Gasteiger partial charge in [0.25, 0.3) is 0 Å². The maximum atomic E-state index is 12.4. The summed E-state index contributed by atoms with van der Waals surface area (Å²) in [5.74, 6) is 0.372. The average Bonchev–Trinajstić information content (AvgIpc) is 3.02. The quantitative estimate of drug-likeness (QED) is 0.723. The summed E-state index contributed by atoms with van der Waals surface area (Å²) < 4.78 is 1.56. The van der Waals surface area contributed by atoms with Crippen LogP contribution < -0.4 is 11.0 Å². The monoisotopic (exact) mass is 346 g/mol. The van der Waals surface area contributed by atoms with Crippen LogP contribution in [0.3, 0.4) is 0 Å². The summed E-state index contributed by atoms with van der Waals surface area (Å²) in [4.78, 5) is 33.4. The van der Waals surface area contributed by atoms with Crippen LogP contribution in [0.25, 0.3) is 17.6 Å². The van der Waals surface area contributed by atoms with Gasteiger partial charge in [-0.25, -0.2) is 14.6 Å². The molecule has 0 saturated heterocycles. The second kappa shape index (κ2) is 6.22. The van der Waals surface area contributed by atoms with Crippen LogP contribution in [0.4, 0.5) is 0 Å². The Morgan fingerprint density at radius 1 is 1.04 bits per heavy atom. The highest BCUT2D eigenvalue weighted by atomic mass is 16.2. The number of rotatable bonds is 2. The fourth-order valence-corrected chi connectivity index (χ4v) is 3.38. The number of benzene rings is 1. The molecule has 1 aromatic carbocycles. The molecule has 6 heteroatoms. The molecule has 4 rings (SSSR count). The molecule has 0 atom stereocenters. The number of hydrogen-bond acceptors (Lipinski definition) is 4. The van der Waals surface area contributed by atoms with E-state index in [1.54, 1.807) is 4.68 Å². The van der Waals surface area contributed by atoms with Crippen LogP contribution in [0.5, 0.6) is 0 Å². The van der Waals surface area contributed by atoms with Gasteiger partial charge in [-0.15, -0.1) is 0 Å². The van der Waals surface area contributed by atoms with Crippen molar-refractivity contribution in [1.29, 1.82) is 0 Å². The Hall–Kier alpha value is -3.28. The zero-order valence-corrected chi connectivity index (χ0v) is 14.6. The van der Waals surface area contributed by atoms with Crippen LogP contribution in [-0.2, 0) is 6.42 Å². The number of allylic oxidation sites excluding steroid dienone is 1. The lowest BCUT2D eigenvalue weighted by molar-refractivity contribution is 0.734. The minimum atomic E-state index is -0.646. The number of nitrogens with one attached hydrogen (secondary N) is 1. The summed E-state index contributed by atoms with van der Waals surface area (Å²) >= 11 is 0. The highest BCUT2D eigenvalue weighted by Gasteiger charge is 2.26. The van der Waals surface area contributed by atoms with Crippen LogP contribution in [0.1, 0.15) is 34.6 Å². The van der Waals surface area contributed by atoms with E-state index in [2.05, 4.69) is 15.1 Å². The maximum Gasteiger partial charge on any atom is 0.311 e. The van der Waals surface area contributed by atoms with Gasteiger partial charge in [0.05, 0.1) is 5.69 Å². The number of aromatic nitrogens is 4. The van der Waals surface area contributed by atoms with Crippen molar-refractivity contribution in [3.63, 3.8) is 0 Å². The van der Waals surface area contributed by atoms with Crippen molar-refractivity contribution < 1.29 is 0 Å². The molecule has 0 fully saturated rings. The first-order valence-corrected chi connectivity index (χ1v) is 8.50. The summed E-state index contributed by atoms with van der Waals surface area (Å²) in [6.45, 7) is 3.75. The molecule has 0 aliphatic heterocycles. The molecule has 3 aromatic rings. The minimum Gasteiger partial charge on any atom is -0.283 e. The Morgan fingerprint density at radius 3 is 2.42 bits per heavy atom. The summed E-state index contributed by atoms with van der Waals surface area (Å²) in [7, 11) is 0. The van der Waals surface area contributed by atoms with E-state index in [1.807, 2.05) is 56.3 Å². The first kappa shape index (κ1) is 16.2. The Bertz CT molecular complexity index is 1120. The Labute approximate surface area is 149 Å². The molecule has 0 spiro atoms. The largest absolute Gasteiger partial charge is 0.311 e. The molecule has 0 unspecified atom stereocenters. The fraction of sp³-hybridized carbons (Fsp3) is 0.200. The van der Waals surface area contributed by atoms with Crippen molar-refractivity contribution in [1.82, 2.24) is 19.7 Å². The SMILES string of the molecule is Cc1cc(C)nc(-n2[nH]c(=O)c(=O)c3c2C(=Cc2ccccc2)CC3)n1. The van der Waals surface area contributed by atoms with E-state index >= 15 is 0 Å². The number of H-pyrrole nitrogens is 1. The molecular formula is C20H18N4O2. The van der Waals surface area contributed by atoms with Gasteiger partial charge in [-0.2, -0.15) is 0 Å². The smallest absolute Gasteiger partial charge is 0.283 e. The van der Waals surface area contributed by atoms with Crippen molar-refractivity contribution in [3.8, 4) is 5.95 Å². The van der Waals surface area contributed by atoms with Gasteiger partial charge in [0.2, 0.25) is 11.4 Å². The first-order valence-electron chi connectivity index (χ1n) is 8.50. The van der Waals surface area contributed by atoms with Gasteiger partial charge in [0.15, 0.2) is 0 Å². The van der Waals surface area contributed by atoms with Gasteiger partial charge in [0, 0.05) is 17.0 Å². The van der Waals surface area contributed by atoms with Crippen LogP contribution >= 0.6 is 0 Å². The van der Waals surface area contributed by atoms with Crippen LogP contribution in [0, 0.1) is 13.8 Å². The maximum absolute atomic E-state index is 12.4. The van der Waals surface area contributed by atoms with Crippen molar-refractivity contribution in [2.24, 2.45) is 0 Å². The minimum absolute atomic E-state index is 0.372. The standard InChI is InChI=1S/C20H18N4O2/c1-12-10-13(2)22-20(21-12)24-17-15(11-14-6-4-3-5-7-14)8-9-16(17)18(25)19(26)23-24/h3-7,10-11H,8-9H2,1-2H3,(H,23,26). The van der Waals surface area contributed by atoms with Gasteiger partial charge in [-0.1, -0.05) is 30.3 Å². The summed E-state index contributed by atoms with van der Waals surface area (Å²) in [5.41, 5.74) is 3.73. The number of aromatic amines is 1. The van der Waals surface area contributed by atoms with Crippen LogP contribution in [0.15, 0.2) is 46.0 Å². The normalized spacial score (nSPS) is 14.6. The molecule has 0 amide bonds. The lowest BCUT2D eigenvalue weighted by atomic mass is 10.1. The van der Waals surface area contributed by atoms with Crippen molar-refractivity contribution >= 4 is 11.6 Å². The van der Waals surface area contributed by atoms with E-state index in [0.29, 0.717) is 30.0 Å². The number of fused-ring (bicyclic) bond motifs is 1. The van der Waals surface area contributed by atoms with E-state index in [4.69, 9.17) is 0 Å². The van der Waals surface area contributed by atoms with Crippen LogP contribution in [-0.4, -0.2) is 19.7 Å². The summed E-state index contributed by atoms with van der Waals surface area (Å²) in [6, 6.07) is 11.8. The summed E-state index contributed by atoms with van der Waals surface area (Å²) in [6.07, 6.45) is 3.28. The number of hydrogen-bond donors (Lipinski definition) is 1. The third-order valence-electron chi connectivity index (χ3n) is 4.46. The van der Waals surface area contributed by atoms with E-state index < -0.39 is 11.0 Å². The number of nitrogens with zero attached hydrogens (tertiary/aromatic N) is 3. The highest BCUT2D eigenvalue weighted by molar-refractivity contribution is 5.84. The Kier molecular flexibility index (Phi) is 3.88. The van der Waals surface area contributed by atoms with Gasteiger partial charge < -0.3 is 0 Å². The molecule has 0 bridgehead atoms. The molecule has 1 aliphatic rings. The predicted molar refractivity (Wildman–Crippen MR) is 100 cm³/mol. The molecule has 2 aromatic heterocycles. The molecular weight excluding hydrogens is 328 g/mol. The van der Waals surface area contributed by atoms with Crippen molar-refractivity contribution in [2.45, 2.75) is 26.7 Å². The Balaban J connectivity index is 1.99. The van der Waals surface area contributed by atoms with E-state index in [-0.39, 0.29) is 0 Å². The predicted octanol–water partition coefficient (Wildman–Crippen LogP) is 2.42. The third-order valence-corrected chi connectivity index (χ3v) is 4.46. The molecule has 130 valence electrons.